The van der Waals surface area contributed by atoms with Crippen molar-refractivity contribution in [3.8, 4) is 0 Å². The number of carboxylic acids is 1. The van der Waals surface area contributed by atoms with Gasteiger partial charge in [0.25, 0.3) is 0 Å². The molecule has 0 unspecified atom stereocenters. The Kier molecular flexibility index (Phi) is 3.94. The first kappa shape index (κ1) is 14.1. The summed E-state index contributed by atoms with van der Waals surface area (Å²) < 4.78 is 5.67. The molecule has 1 heterocycles. The smallest absolute Gasteiger partial charge is 0.339 e. The third kappa shape index (κ3) is 3.09. The molecule has 0 bridgehead atoms. The first-order chi connectivity index (χ1) is 10.2. The van der Waals surface area contributed by atoms with Crippen LogP contribution in [0.15, 0.2) is 28.7 Å². The van der Waals surface area contributed by atoms with E-state index in [1.165, 1.54) is 12.8 Å². The Morgan fingerprint density at radius 2 is 2.19 bits per heavy atom. The Balaban J connectivity index is 1.65. The van der Waals surface area contributed by atoms with Gasteiger partial charge in [0.2, 0.25) is 0 Å². The predicted octanol–water partition coefficient (Wildman–Crippen LogP) is 2.31. The number of benzene rings is 1. The Morgan fingerprint density at radius 3 is 2.90 bits per heavy atom. The molecule has 1 aliphatic rings. The van der Waals surface area contributed by atoms with Crippen LogP contribution in [0.1, 0.15) is 29.0 Å². The van der Waals surface area contributed by atoms with Gasteiger partial charge in [0, 0.05) is 24.5 Å². The zero-order valence-corrected chi connectivity index (χ0v) is 12.1. The highest BCUT2D eigenvalue weighted by Crippen LogP contribution is 2.26. The lowest BCUT2D eigenvalue weighted by Gasteiger charge is -2.15. The molecule has 0 spiro atoms. The number of nitrogens with one attached hydrogen (secondary N) is 1. The number of para-hydroxylation sites is 1. The lowest BCUT2D eigenvalue weighted by atomic mass is 10.1. The van der Waals surface area contributed by atoms with E-state index < -0.39 is 5.97 Å². The maximum Gasteiger partial charge on any atom is 0.339 e. The van der Waals surface area contributed by atoms with Crippen LogP contribution in [0, 0.1) is 0 Å². The molecule has 0 aliphatic heterocycles. The average molecular weight is 288 g/mol. The summed E-state index contributed by atoms with van der Waals surface area (Å²) in [6.07, 6.45) is 2.59. The first-order valence-corrected chi connectivity index (χ1v) is 7.31. The number of carbonyl (C=O) groups is 1. The largest absolute Gasteiger partial charge is 0.478 e. The summed E-state index contributed by atoms with van der Waals surface area (Å²) in [5.74, 6) is -0.440. The van der Waals surface area contributed by atoms with Crippen molar-refractivity contribution in [3.63, 3.8) is 0 Å². The van der Waals surface area contributed by atoms with E-state index in [0.29, 0.717) is 23.3 Å². The van der Waals surface area contributed by atoms with Crippen molar-refractivity contribution in [2.45, 2.75) is 25.4 Å². The highest BCUT2D eigenvalue weighted by molar-refractivity contribution is 6.03. The number of fused-ring (bicyclic) bond motifs is 1. The van der Waals surface area contributed by atoms with Crippen LogP contribution in [0.4, 0.5) is 0 Å². The van der Waals surface area contributed by atoms with Crippen LogP contribution in [-0.2, 0) is 6.54 Å². The van der Waals surface area contributed by atoms with E-state index in [1.54, 1.807) is 12.1 Å². The van der Waals surface area contributed by atoms with Gasteiger partial charge in [0.1, 0.15) is 16.9 Å². The van der Waals surface area contributed by atoms with Gasteiger partial charge in [-0.05, 0) is 26.0 Å². The van der Waals surface area contributed by atoms with E-state index in [1.807, 2.05) is 12.1 Å². The van der Waals surface area contributed by atoms with Crippen molar-refractivity contribution >= 4 is 16.9 Å². The molecule has 0 amide bonds. The van der Waals surface area contributed by atoms with Crippen LogP contribution in [0.2, 0.25) is 0 Å². The number of rotatable bonds is 7. The third-order valence-corrected chi connectivity index (χ3v) is 3.98. The molecule has 2 N–H and O–H groups in total. The van der Waals surface area contributed by atoms with Gasteiger partial charge in [-0.1, -0.05) is 18.2 Å². The van der Waals surface area contributed by atoms with Crippen LogP contribution in [0.5, 0.6) is 0 Å². The van der Waals surface area contributed by atoms with Crippen molar-refractivity contribution in [1.29, 1.82) is 0 Å². The predicted molar refractivity (Wildman–Crippen MR) is 80.5 cm³/mol. The zero-order chi connectivity index (χ0) is 14.8. The molecule has 2 aromatic rings. The molecule has 1 aromatic carbocycles. The second kappa shape index (κ2) is 5.87. The molecule has 5 nitrogen and oxygen atoms in total. The number of aromatic carboxylic acids is 1. The second-order valence-corrected chi connectivity index (χ2v) is 5.59. The molecule has 5 heteroatoms. The van der Waals surface area contributed by atoms with E-state index in [2.05, 4.69) is 17.3 Å². The summed E-state index contributed by atoms with van der Waals surface area (Å²) in [6, 6.07) is 8.00. The number of hydrogen-bond acceptors (Lipinski definition) is 4. The zero-order valence-electron chi connectivity index (χ0n) is 12.1. The first-order valence-electron chi connectivity index (χ1n) is 7.31. The van der Waals surface area contributed by atoms with E-state index in [4.69, 9.17) is 4.42 Å². The molecule has 0 saturated heterocycles. The molecule has 1 saturated carbocycles. The van der Waals surface area contributed by atoms with Crippen molar-refractivity contribution in [2.24, 2.45) is 0 Å². The summed E-state index contributed by atoms with van der Waals surface area (Å²) in [6.45, 7) is 2.23. The van der Waals surface area contributed by atoms with Crippen molar-refractivity contribution < 1.29 is 14.3 Å². The second-order valence-electron chi connectivity index (χ2n) is 5.59. The van der Waals surface area contributed by atoms with Gasteiger partial charge in [-0.25, -0.2) is 4.79 Å². The molecular weight excluding hydrogens is 268 g/mol. The molecule has 1 aromatic heterocycles. The maximum atomic E-state index is 11.4. The van der Waals surface area contributed by atoms with Crippen LogP contribution in [0.25, 0.3) is 11.0 Å². The number of likely N-dealkylation sites (N-methyl/N-ethyl adjacent to an activating group) is 1. The van der Waals surface area contributed by atoms with Crippen molar-refractivity contribution in [1.82, 2.24) is 10.2 Å². The number of carboxylic acid groups (broad SMARTS) is 1. The number of furan rings is 1. The molecule has 0 atom stereocenters. The van der Waals surface area contributed by atoms with Crippen molar-refractivity contribution in [3.05, 3.63) is 35.6 Å². The minimum Gasteiger partial charge on any atom is -0.478 e. The summed E-state index contributed by atoms with van der Waals surface area (Å²) >= 11 is 0. The van der Waals surface area contributed by atoms with Crippen LogP contribution in [-0.4, -0.2) is 42.2 Å². The van der Waals surface area contributed by atoms with Gasteiger partial charge >= 0.3 is 5.97 Å². The molecule has 112 valence electrons. The fourth-order valence-corrected chi connectivity index (χ4v) is 2.61. The van der Waals surface area contributed by atoms with Crippen LogP contribution < -0.4 is 5.32 Å². The molecule has 21 heavy (non-hydrogen) atoms. The monoisotopic (exact) mass is 288 g/mol. The molecule has 1 aliphatic carbocycles. The van der Waals surface area contributed by atoms with Crippen molar-refractivity contribution in [2.75, 3.05) is 20.1 Å². The van der Waals surface area contributed by atoms with E-state index in [9.17, 15) is 9.90 Å². The maximum absolute atomic E-state index is 11.4. The quantitative estimate of drug-likeness (QED) is 0.765. The summed E-state index contributed by atoms with van der Waals surface area (Å²) in [4.78, 5) is 13.8. The SMILES string of the molecule is CN(CCNCc1oc2ccccc2c1C(=O)O)C1CC1. The summed E-state index contributed by atoms with van der Waals surface area (Å²) in [5, 5.41) is 13.3. The number of nitrogens with zero attached hydrogens (tertiary/aromatic N) is 1. The minimum atomic E-state index is -0.938. The van der Waals surface area contributed by atoms with Gasteiger partial charge < -0.3 is 19.7 Å². The number of hydrogen-bond donors (Lipinski definition) is 2. The summed E-state index contributed by atoms with van der Waals surface area (Å²) in [5.41, 5.74) is 0.899. The standard InChI is InChI=1S/C16H20N2O3/c1-18(11-6-7-11)9-8-17-10-14-15(16(19)20)12-4-2-3-5-13(12)21-14/h2-5,11,17H,6-10H2,1H3,(H,19,20). The summed E-state index contributed by atoms with van der Waals surface area (Å²) in [7, 11) is 2.13. The van der Waals surface area contributed by atoms with Gasteiger partial charge in [-0.2, -0.15) is 0 Å². The van der Waals surface area contributed by atoms with E-state index in [-0.39, 0.29) is 5.56 Å². The van der Waals surface area contributed by atoms with Gasteiger partial charge in [0.05, 0.1) is 6.54 Å². The molecular formula is C16H20N2O3. The molecule has 0 radical (unpaired) electrons. The van der Waals surface area contributed by atoms with Gasteiger partial charge in [-0.15, -0.1) is 0 Å². The Hall–Kier alpha value is -1.85. The average Bonchev–Trinajstić information content (AvgIpc) is 3.24. The highest BCUT2D eigenvalue weighted by atomic mass is 16.4. The minimum absolute atomic E-state index is 0.272. The lowest BCUT2D eigenvalue weighted by Crippen LogP contribution is -2.30. The van der Waals surface area contributed by atoms with Crippen LogP contribution >= 0.6 is 0 Å². The lowest BCUT2D eigenvalue weighted by molar-refractivity contribution is 0.0696. The van der Waals surface area contributed by atoms with E-state index >= 15 is 0 Å². The van der Waals surface area contributed by atoms with Gasteiger partial charge in [-0.3, -0.25) is 0 Å². The highest BCUT2D eigenvalue weighted by Gasteiger charge is 2.25. The van der Waals surface area contributed by atoms with E-state index in [0.717, 1.165) is 19.1 Å². The normalized spacial score (nSPS) is 15.0. The molecule has 1 fully saturated rings. The Bertz CT molecular complexity index is 646. The topological polar surface area (TPSA) is 65.7 Å². The Labute approximate surface area is 123 Å². The van der Waals surface area contributed by atoms with Gasteiger partial charge in [0.15, 0.2) is 0 Å². The third-order valence-electron chi connectivity index (χ3n) is 3.98. The molecule has 3 rings (SSSR count). The van der Waals surface area contributed by atoms with Crippen LogP contribution in [0.3, 0.4) is 0 Å². The fourth-order valence-electron chi connectivity index (χ4n) is 2.61. The fraction of sp³-hybridized carbons (Fsp3) is 0.438. The Morgan fingerprint density at radius 1 is 1.43 bits per heavy atom.